The molecule has 2 aliphatic rings. The number of hydrogen-bond acceptors (Lipinski definition) is 3. The normalized spacial score (nSPS) is 17.1. The molecule has 1 fully saturated rings. The number of aromatic amines is 1. The molecular formula is C25H24N4O. The van der Waals surface area contributed by atoms with Gasteiger partial charge in [-0.2, -0.15) is 5.21 Å². The molecule has 2 aromatic heterocycles. The van der Waals surface area contributed by atoms with Crippen molar-refractivity contribution < 1.29 is 0 Å². The number of pyridine rings is 1. The van der Waals surface area contributed by atoms with Gasteiger partial charge in [0, 0.05) is 23.0 Å². The quantitative estimate of drug-likeness (QED) is 0.545. The molecule has 0 amide bonds. The minimum Gasteiger partial charge on any atom is -0.289 e. The third-order valence-corrected chi connectivity index (χ3v) is 7.10. The molecular weight excluding hydrogens is 372 g/mol. The van der Waals surface area contributed by atoms with Crippen LogP contribution in [0, 0.1) is 0 Å². The molecule has 0 bridgehead atoms. The average Bonchev–Trinajstić information content (AvgIpc) is 3.27. The third-order valence-electron chi connectivity index (χ3n) is 7.10. The minimum atomic E-state index is -0.0865. The largest absolute Gasteiger partial charge is 0.289 e. The van der Waals surface area contributed by atoms with Gasteiger partial charge in [0.2, 0.25) is 0 Å². The number of aromatic nitrogens is 4. The van der Waals surface area contributed by atoms with Crippen molar-refractivity contribution in [2.24, 2.45) is 0 Å². The van der Waals surface area contributed by atoms with Gasteiger partial charge in [-0.3, -0.25) is 4.79 Å². The second kappa shape index (κ2) is 6.66. The Morgan fingerprint density at radius 2 is 1.73 bits per heavy atom. The van der Waals surface area contributed by atoms with Crippen LogP contribution in [0.1, 0.15) is 54.4 Å². The van der Waals surface area contributed by atoms with E-state index in [4.69, 9.17) is 0 Å². The molecule has 2 aliphatic carbocycles. The van der Waals surface area contributed by atoms with Crippen LogP contribution in [0.2, 0.25) is 0 Å². The molecule has 2 heterocycles. The molecule has 0 aliphatic heterocycles. The van der Waals surface area contributed by atoms with Crippen LogP contribution >= 0.6 is 0 Å². The van der Waals surface area contributed by atoms with Crippen LogP contribution in [0.5, 0.6) is 0 Å². The number of nitrogens with zero attached hydrogens (tertiary/aromatic N) is 3. The summed E-state index contributed by atoms with van der Waals surface area (Å²) < 4.78 is 1.96. The van der Waals surface area contributed by atoms with E-state index in [0.29, 0.717) is 12.1 Å². The second-order valence-electron chi connectivity index (χ2n) is 8.83. The van der Waals surface area contributed by atoms with Crippen LogP contribution in [0.4, 0.5) is 0 Å². The topological polar surface area (TPSA) is 63.0 Å². The van der Waals surface area contributed by atoms with Crippen LogP contribution in [0.25, 0.3) is 16.9 Å². The first-order chi connectivity index (χ1) is 14.8. The number of rotatable bonds is 2. The zero-order valence-electron chi connectivity index (χ0n) is 16.9. The van der Waals surface area contributed by atoms with Gasteiger partial charge in [-0.25, -0.2) is 4.52 Å². The third kappa shape index (κ3) is 2.51. The zero-order valence-corrected chi connectivity index (χ0v) is 16.9. The van der Waals surface area contributed by atoms with Crippen LogP contribution in [-0.2, 0) is 18.3 Å². The summed E-state index contributed by atoms with van der Waals surface area (Å²) in [5, 5.41) is 11.5. The van der Waals surface area contributed by atoms with Crippen molar-refractivity contribution in [1.82, 2.24) is 20.0 Å². The van der Waals surface area contributed by atoms with Gasteiger partial charge in [0.05, 0.1) is 11.3 Å². The van der Waals surface area contributed by atoms with Gasteiger partial charge >= 0.3 is 0 Å². The lowest BCUT2D eigenvalue weighted by molar-refractivity contribution is 0.285. The van der Waals surface area contributed by atoms with E-state index >= 15 is 0 Å². The lowest BCUT2D eigenvalue weighted by Gasteiger charge is -2.42. The molecule has 1 saturated carbocycles. The predicted molar refractivity (Wildman–Crippen MR) is 117 cm³/mol. The number of H-pyrrole nitrogens is 1. The van der Waals surface area contributed by atoms with E-state index in [0.717, 1.165) is 47.2 Å². The van der Waals surface area contributed by atoms with Gasteiger partial charge in [-0.15, -0.1) is 5.10 Å². The van der Waals surface area contributed by atoms with E-state index in [1.807, 2.05) is 22.7 Å². The number of hydrogen-bond donors (Lipinski definition) is 1. The van der Waals surface area contributed by atoms with Crippen molar-refractivity contribution in [2.45, 2.75) is 50.4 Å². The highest BCUT2D eigenvalue weighted by Gasteiger charge is 2.43. The first-order valence-corrected chi connectivity index (χ1v) is 10.9. The number of fused-ring (bicyclic) bond motifs is 6. The summed E-state index contributed by atoms with van der Waals surface area (Å²) in [5.41, 5.74) is 7.00. The fourth-order valence-corrected chi connectivity index (χ4v) is 5.75. The first-order valence-electron chi connectivity index (χ1n) is 10.9. The van der Waals surface area contributed by atoms with E-state index in [9.17, 15) is 4.79 Å². The maximum atomic E-state index is 14.1. The van der Waals surface area contributed by atoms with Crippen LogP contribution in [0.15, 0.2) is 59.4 Å². The summed E-state index contributed by atoms with van der Waals surface area (Å²) in [6.07, 6.45) is 7.28. The minimum absolute atomic E-state index is 0.0865. The Bertz CT molecular complexity index is 1300. The van der Waals surface area contributed by atoms with Crippen LogP contribution in [0.3, 0.4) is 0 Å². The maximum absolute atomic E-state index is 14.1. The summed E-state index contributed by atoms with van der Waals surface area (Å²) in [7, 11) is 0. The van der Waals surface area contributed by atoms with E-state index in [2.05, 4.69) is 51.9 Å². The van der Waals surface area contributed by atoms with Crippen molar-refractivity contribution in [3.8, 4) is 11.3 Å². The Hall–Kier alpha value is -3.21. The average molecular weight is 396 g/mol. The van der Waals surface area contributed by atoms with Crippen molar-refractivity contribution in [2.75, 3.05) is 0 Å². The number of nitrogens with one attached hydrogen (secondary N) is 1. The Labute approximate surface area is 174 Å². The number of benzene rings is 2. The molecule has 4 aromatic rings. The molecule has 0 radical (unpaired) electrons. The Kier molecular flexibility index (Phi) is 3.91. The second-order valence-corrected chi connectivity index (χ2v) is 8.83. The summed E-state index contributed by atoms with van der Waals surface area (Å²) in [6, 6.07) is 18.7. The molecule has 1 spiro atoms. The lowest BCUT2D eigenvalue weighted by atomic mass is 9.62. The Morgan fingerprint density at radius 1 is 0.967 bits per heavy atom. The predicted octanol–water partition coefficient (Wildman–Crippen LogP) is 4.43. The molecule has 0 atom stereocenters. The lowest BCUT2D eigenvalue weighted by Crippen LogP contribution is -2.41. The van der Waals surface area contributed by atoms with Crippen molar-refractivity contribution in [3.63, 3.8) is 0 Å². The SMILES string of the molecule is O=c1c2c(n3[nH]nnc3c1Cc1ccccc1)-c1ccccc1CC21CCCCC1. The number of tetrazole rings is 1. The van der Waals surface area contributed by atoms with Crippen LogP contribution in [-0.4, -0.2) is 20.0 Å². The highest BCUT2D eigenvalue weighted by atomic mass is 16.1. The molecule has 6 rings (SSSR count). The Morgan fingerprint density at radius 3 is 2.57 bits per heavy atom. The van der Waals surface area contributed by atoms with Gasteiger partial charge in [0.1, 0.15) is 0 Å². The molecule has 0 saturated heterocycles. The smallest absolute Gasteiger partial charge is 0.191 e. The maximum Gasteiger partial charge on any atom is 0.191 e. The van der Waals surface area contributed by atoms with E-state index in [-0.39, 0.29) is 10.8 Å². The van der Waals surface area contributed by atoms with E-state index < -0.39 is 0 Å². The summed E-state index contributed by atoms with van der Waals surface area (Å²) in [4.78, 5) is 14.1. The zero-order chi connectivity index (χ0) is 20.1. The fraction of sp³-hybridized carbons (Fsp3) is 0.320. The summed E-state index contributed by atoms with van der Waals surface area (Å²) >= 11 is 0. The van der Waals surface area contributed by atoms with Crippen molar-refractivity contribution in [3.05, 3.63) is 87.1 Å². The molecule has 150 valence electrons. The molecule has 5 heteroatoms. The van der Waals surface area contributed by atoms with Gasteiger partial charge in [0.15, 0.2) is 11.1 Å². The molecule has 1 N–H and O–H groups in total. The molecule has 2 aromatic carbocycles. The summed E-state index contributed by atoms with van der Waals surface area (Å²) in [5.74, 6) is 0. The molecule has 30 heavy (non-hydrogen) atoms. The first kappa shape index (κ1) is 17.6. The highest BCUT2D eigenvalue weighted by Crippen LogP contribution is 2.49. The van der Waals surface area contributed by atoms with Crippen LogP contribution < -0.4 is 5.43 Å². The van der Waals surface area contributed by atoms with Gasteiger partial charge in [0.25, 0.3) is 0 Å². The highest BCUT2D eigenvalue weighted by molar-refractivity contribution is 5.75. The van der Waals surface area contributed by atoms with Gasteiger partial charge in [-0.05, 0) is 30.4 Å². The van der Waals surface area contributed by atoms with Gasteiger partial charge < -0.3 is 0 Å². The van der Waals surface area contributed by atoms with E-state index in [1.54, 1.807) is 0 Å². The monoisotopic (exact) mass is 396 g/mol. The van der Waals surface area contributed by atoms with Crippen molar-refractivity contribution in [1.29, 1.82) is 0 Å². The fourth-order valence-electron chi connectivity index (χ4n) is 5.75. The Balaban J connectivity index is 1.69. The molecule has 0 unspecified atom stereocenters. The standard InChI is InChI=1S/C25H24N4O/c30-23-20(15-17-9-3-1-4-10-17)24-26-27-28-29(24)22-19-12-6-5-11-18(19)16-25(21(22)23)13-7-2-8-14-25/h1,3-6,9-12H,2,7-8,13-16H2,(H,26,28). The molecule has 5 nitrogen and oxygen atoms in total. The summed E-state index contributed by atoms with van der Waals surface area (Å²) in [6.45, 7) is 0. The van der Waals surface area contributed by atoms with Gasteiger partial charge in [-0.1, -0.05) is 79.1 Å². The van der Waals surface area contributed by atoms with Crippen molar-refractivity contribution >= 4 is 5.65 Å². The van der Waals surface area contributed by atoms with E-state index in [1.165, 1.54) is 24.8 Å².